The second-order valence-electron chi connectivity index (χ2n) is 4.12. The molecule has 0 amide bonds. The third-order valence-electron chi connectivity index (χ3n) is 2.77. The van der Waals surface area contributed by atoms with Crippen LogP contribution in [0.3, 0.4) is 0 Å². The summed E-state index contributed by atoms with van der Waals surface area (Å²) >= 11 is 0. The van der Waals surface area contributed by atoms with E-state index >= 15 is 0 Å². The molecule has 0 aliphatic carbocycles. The molecule has 2 aromatic rings. The number of aromatic nitrogens is 2. The summed E-state index contributed by atoms with van der Waals surface area (Å²) in [5, 5.41) is 7.77. The predicted octanol–water partition coefficient (Wildman–Crippen LogP) is 1.62. The fourth-order valence-electron chi connectivity index (χ4n) is 1.73. The van der Waals surface area contributed by atoms with Crippen LogP contribution in [0, 0.1) is 0 Å². The van der Waals surface area contributed by atoms with E-state index in [2.05, 4.69) is 10.4 Å². The molecule has 0 aliphatic rings. The molecule has 0 saturated carbocycles. The lowest BCUT2D eigenvalue weighted by atomic mass is 10.3. The number of rotatable bonds is 7. The molecule has 2 rings (SSSR count). The van der Waals surface area contributed by atoms with Crippen molar-refractivity contribution in [3.05, 3.63) is 42.2 Å². The Kier molecular flexibility index (Phi) is 4.94. The third-order valence-corrected chi connectivity index (χ3v) is 2.77. The highest BCUT2D eigenvalue weighted by Gasteiger charge is 2.01. The van der Waals surface area contributed by atoms with Crippen LogP contribution in [0.25, 0.3) is 5.69 Å². The maximum absolute atomic E-state index is 5.13. The molecule has 0 atom stereocenters. The summed E-state index contributed by atoms with van der Waals surface area (Å²) in [7, 11) is 3.35. The highest BCUT2D eigenvalue weighted by molar-refractivity contribution is 5.36. The standard InChI is InChI=1S/C14H19N3O2/c1-18-10-8-15-11-12-7-9-17(16-12)13-3-5-14(19-2)6-4-13/h3-7,9,15H,8,10-11H2,1-2H3. The maximum Gasteiger partial charge on any atom is 0.119 e. The van der Waals surface area contributed by atoms with Crippen molar-refractivity contribution in [2.75, 3.05) is 27.4 Å². The van der Waals surface area contributed by atoms with Crippen LogP contribution in [0.5, 0.6) is 5.75 Å². The van der Waals surface area contributed by atoms with E-state index in [1.165, 1.54) is 0 Å². The van der Waals surface area contributed by atoms with E-state index in [4.69, 9.17) is 9.47 Å². The Morgan fingerprint density at radius 1 is 1.16 bits per heavy atom. The lowest BCUT2D eigenvalue weighted by molar-refractivity contribution is 0.199. The molecule has 0 saturated heterocycles. The molecule has 1 heterocycles. The van der Waals surface area contributed by atoms with E-state index in [1.807, 2.05) is 41.2 Å². The van der Waals surface area contributed by atoms with Gasteiger partial charge in [0.15, 0.2) is 0 Å². The van der Waals surface area contributed by atoms with Gasteiger partial charge >= 0.3 is 0 Å². The molecule has 0 spiro atoms. The molecule has 1 N–H and O–H groups in total. The van der Waals surface area contributed by atoms with Gasteiger partial charge in [-0.2, -0.15) is 5.10 Å². The Labute approximate surface area is 113 Å². The topological polar surface area (TPSA) is 48.3 Å². The van der Waals surface area contributed by atoms with Gasteiger partial charge in [0.2, 0.25) is 0 Å². The number of benzene rings is 1. The van der Waals surface area contributed by atoms with Crippen LogP contribution < -0.4 is 10.1 Å². The van der Waals surface area contributed by atoms with E-state index < -0.39 is 0 Å². The fraction of sp³-hybridized carbons (Fsp3) is 0.357. The van der Waals surface area contributed by atoms with Gasteiger partial charge in [0.05, 0.1) is 25.1 Å². The first-order valence-electron chi connectivity index (χ1n) is 6.22. The van der Waals surface area contributed by atoms with Crippen molar-refractivity contribution in [3.63, 3.8) is 0 Å². The molecule has 102 valence electrons. The number of methoxy groups -OCH3 is 2. The molecule has 0 aliphatic heterocycles. The van der Waals surface area contributed by atoms with E-state index in [1.54, 1.807) is 14.2 Å². The molecule has 0 radical (unpaired) electrons. The molecule has 0 bridgehead atoms. The molecule has 0 fully saturated rings. The third kappa shape index (κ3) is 3.81. The molecular formula is C14H19N3O2. The average molecular weight is 261 g/mol. The molecule has 1 aromatic carbocycles. The molecule has 0 unspecified atom stereocenters. The smallest absolute Gasteiger partial charge is 0.119 e. The Bertz CT molecular complexity index is 494. The van der Waals surface area contributed by atoms with Crippen LogP contribution in [-0.2, 0) is 11.3 Å². The van der Waals surface area contributed by atoms with Gasteiger partial charge in [0.1, 0.15) is 5.75 Å². The van der Waals surface area contributed by atoms with Crippen molar-refractivity contribution in [3.8, 4) is 11.4 Å². The van der Waals surface area contributed by atoms with Gasteiger partial charge in [-0.25, -0.2) is 4.68 Å². The van der Waals surface area contributed by atoms with Gasteiger partial charge in [-0.05, 0) is 30.3 Å². The van der Waals surface area contributed by atoms with Gasteiger partial charge in [0.25, 0.3) is 0 Å². The summed E-state index contributed by atoms with van der Waals surface area (Å²) in [4.78, 5) is 0. The van der Waals surface area contributed by atoms with Crippen molar-refractivity contribution in [1.29, 1.82) is 0 Å². The quantitative estimate of drug-likeness (QED) is 0.769. The van der Waals surface area contributed by atoms with E-state index in [0.717, 1.165) is 30.2 Å². The van der Waals surface area contributed by atoms with Crippen molar-refractivity contribution in [1.82, 2.24) is 15.1 Å². The first-order chi connectivity index (χ1) is 9.33. The number of ether oxygens (including phenoxy) is 2. The van der Waals surface area contributed by atoms with Gasteiger partial charge in [-0.1, -0.05) is 0 Å². The zero-order chi connectivity index (χ0) is 13.5. The maximum atomic E-state index is 5.13. The largest absolute Gasteiger partial charge is 0.497 e. The Morgan fingerprint density at radius 3 is 2.63 bits per heavy atom. The zero-order valence-electron chi connectivity index (χ0n) is 11.3. The zero-order valence-corrected chi connectivity index (χ0v) is 11.3. The van der Waals surface area contributed by atoms with Crippen molar-refractivity contribution in [2.45, 2.75) is 6.54 Å². The van der Waals surface area contributed by atoms with Crippen LogP contribution in [0.1, 0.15) is 5.69 Å². The molecular weight excluding hydrogens is 242 g/mol. The summed E-state index contributed by atoms with van der Waals surface area (Å²) in [6.45, 7) is 2.28. The summed E-state index contributed by atoms with van der Waals surface area (Å²) in [6.07, 6.45) is 1.95. The van der Waals surface area contributed by atoms with E-state index in [-0.39, 0.29) is 0 Å². The monoisotopic (exact) mass is 261 g/mol. The van der Waals surface area contributed by atoms with Gasteiger partial charge in [0, 0.05) is 26.4 Å². The summed E-state index contributed by atoms with van der Waals surface area (Å²) < 4.78 is 12.0. The minimum atomic E-state index is 0.708. The first kappa shape index (κ1) is 13.6. The molecule has 5 heteroatoms. The highest BCUT2D eigenvalue weighted by atomic mass is 16.5. The number of hydrogen-bond donors (Lipinski definition) is 1. The van der Waals surface area contributed by atoms with Crippen LogP contribution in [-0.4, -0.2) is 37.2 Å². The summed E-state index contributed by atoms with van der Waals surface area (Å²) in [5.74, 6) is 0.845. The van der Waals surface area contributed by atoms with Crippen molar-refractivity contribution >= 4 is 0 Å². The lowest BCUT2D eigenvalue weighted by Gasteiger charge is -2.04. The Morgan fingerprint density at radius 2 is 1.95 bits per heavy atom. The lowest BCUT2D eigenvalue weighted by Crippen LogP contribution is -2.18. The number of nitrogens with zero attached hydrogens (tertiary/aromatic N) is 2. The molecule has 1 aromatic heterocycles. The van der Waals surface area contributed by atoms with Crippen LogP contribution in [0.2, 0.25) is 0 Å². The Balaban J connectivity index is 1.95. The van der Waals surface area contributed by atoms with Crippen molar-refractivity contribution in [2.24, 2.45) is 0 Å². The molecule has 5 nitrogen and oxygen atoms in total. The predicted molar refractivity (Wildman–Crippen MR) is 73.7 cm³/mol. The van der Waals surface area contributed by atoms with Crippen LogP contribution in [0.4, 0.5) is 0 Å². The fourth-order valence-corrected chi connectivity index (χ4v) is 1.73. The minimum Gasteiger partial charge on any atom is -0.497 e. The average Bonchev–Trinajstić information content (AvgIpc) is 2.92. The summed E-state index contributed by atoms with van der Waals surface area (Å²) in [5.41, 5.74) is 2.02. The number of hydrogen-bond acceptors (Lipinski definition) is 4. The van der Waals surface area contributed by atoms with Gasteiger partial charge < -0.3 is 14.8 Å². The van der Waals surface area contributed by atoms with E-state index in [0.29, 0.717) is 6.61 Å². The highest BCUT2D eigenvalue weighted by Crippen LogP contribution is 2.14. The van der Waals surface area contributed by atoms with Crippen LogP contribution in [0.15, 0.2) is 36.5 Å². The van der Waals surface area contributed by atoms with E-state index in [9.17, 15) is 0 Å². The number of nitrogens with one attached hydrogen (secondary N) is 1. The van der Waals surface area contributed by atoms with Gasteiger partial charge in [-0.3, -0.25) is 0 Å². The van der Waals surface area contributed by atoms with Crippen LogP contribution >= 0.6 is 0 Å². The Hall–Kier alpha value is -1.85. The van der Waals surface area contributed by atoms with Gasteiger partial charge in [-0.15, -0.1) is 0 Å². The molecule has 19 heavy (non-hydrogen) atoms. The second kappa shape index (κ2) is 6.92. The first-order valence-corrected chi connectivity index (χ1v) is 6.22. The van der Waals surface area contributed by atoms with Crippen molar-refractivity contribution < 1.29 is 9.47 Å². The second-order valence-corrected chi connectivity index (χ2v) is 4.12. The normalized spacial score (nSPS) is 10.6. The minimum absolute atomic E-state index is 0.708. The summed E-state index contributed by atoms with van der Waals surface area (Å²) in [6, 6.07) is 9.81. The SMILES string of the molecule is COCCNCc1ccn(-c2ccc(OC)cc2)n1.